The van der Waals surface area contributed by atoms with E-state index < -0.39 is 0 Å². The zero-order chi connectivity index (χ0) is 15.9. The van der Waals surface area contributed by atoms with Gasteiger partial charge in [0.1, 0.15) is 0 Å². The van der Waals surface area contributed by atoms with Crippen LogP contribution in [0.15, 0.2) is 0 Å². The Balaban J connectivity index is 2.71. The highest BCUT2D eigenvalue weighted by atomic mass is 15.2. The molecule has 0 aromatic rings. The zero-order valence-corrected chi connectivity index (χ0v) is 15.5. The van der Waals surface area contributed by atoms with E-state index in [4.69, 9.17) is 0 Å². The molecule has 0 aromatic carbocycles. The van der Waals surface area contributed by atoms with E-state index in [9.17, 15) is 0 Å². The topological polar surface area (TPSA) is 15.3 Å². The summed E-state index contributed by atoms with van der Waals surface area (Å²) in [6.07, 6.45) is 9.31. The van der Waals surface area contributed by atoms with Gasteiger partial charge in [0.2, 0.25) is 0 Å². The van der Waals surface area contributed by atoms with Gasteiger partial charge in [0, 0.05) is 12.1 Å². The number of hydrogen-bond donors (Lipinski definition) is 1. The summed E-state index contributed by atoms with van der Waals surface area (Å²) in [5.74, 6) is 0.885. The van der Waals surface area contributed by atoms with Gasteiger partial charge in [-0.3, -0.25) is 0 Å². The highest BCUT2D eigenvalue weighted by Gasteiger charge is 2.38. The predicted octanol–water partition coefficient (Wildman–Crippen LogP) is 4.69. The van der Waals surface area contributed by atoms with Crippen LogP contribution in [0, 0.1) is 11.3 Å². The van der Waals surface area contributed by atoms with E-state index in [1.807, 2.05) is 0 Å². The van der Waals surface area contributed by atoms with Crippen molar-refractivity contribution in [2.24, 2.45) is 11.3 Å². The summed E-state index contributed by atoms with van der Waals surface area (Å²) in [5, 5.41) is 3.83. The van der Waals surface area contributed by atoms with Crippen molar-refractivity contribution in [3.63, 3.8) is 0 Å². The number of nitrogens with zero attached hydrogens (tertiary/aromatic N) is 1. The molecule has 2 nitrogen and oxygen atoms in total. The molecule has 2 heteroatoms. The number of likely N-dealkylation sites (N-methyl/N-ethyl adjacent to an activating group) is 1. The van der Waals surface area contributed by atoms with E-state index in [0.717, 1.165) is 12.0 Å². The van der Waals surface area contributed by atoms with E-state index in [0.29, 0.717) is 11.5 Å². The lowest BCUT2D eigenvalue weighted by molar-refractivity contribution is 0.0618. The molecule has 1 N–H and O–H groups in total. The molecule has 1 fully saturated rings. The summed E-state index contributed by atoms with van der Waals surface area (Å²) < 4.78 is 0. The second-order valence-electron chi connectivity index (χ2n) is 7.81. The van der Waals surface area contributed by atoms with E-state index in [1.165, 1.54) is 58.0 Å². The second kappa shape index (κ2) is 9.15. The van der Waals surface area contributed by atoms with Crippen LogP contribution in [0.2, 0.25) is 0 Å². The van der Waals surface area contributed by atoms with Gasteiger partial charge in [0.15, 0.2) is 0 Å². The molecule has 0 amide bonds. The van der Waals surface area contributed by atoms with Gasteiger partial charge in [-0.25, -0.2) is 0 Å². The Bertz CT molecular complexity index is 275. The van der Waals surface area contributed by atoms with Crippen LogP contribution in [-0.4, -0.2) is 37.1 Å². The van der Waals surface area contributed by atoms with Crippen LogP contribution in [0.4, 0.5) is 0 Å². The van der Waals surface area contributed by atoms with Crippen molar-refractivity contribution in [2.75, 3.05) is 20.1 Å². The smallest absolute Gasteiger partial charge is 0.0249 e. The van der Waals surface area contributed by atoms with Gasteiger partial charge in [-0.1, -0.05) is 47.5 Å². The minimum absolute atomic E-state index is 0.500. The van der Waals surface area contributed by atoms with Crippen LogP contribution < -0.4 is 5.32 Å². The van der Waals surface area contributed by atoms with E-state index >= 15 is 0 Å². The molecule has 0 saturated heterocycles. The lowest BCUT2D eigenvalue weighted by atomic mass is 9.67. The van der Waals surface area contributed by atoms with Crippen LogP contribution in [0.5, 0.6) is 0 Å². The largest absolute Gasteiger partial charge is 0.312 e. The molecule has 21 heavy (non-hydrogen) atoms. The molecule has 1 aliphatic rings. The van der Waals surface area contributed by atoms with E-state index in [1.54, 1.807) is 0 Å². The van der Waals surface area contributed by atoms with Crippen molar-refractivity contribution in [3.05, 3.63) is 0 Å². The minimum atomic E-state index is 0.500. The van der Waals surface area contributed by atoms with Gasteiger partial charge in [0.05, 0.1) is 0 Å². The molecule has 1 rings (SSSR count). The molecule has 1 aliphatic carbocycles. The maximum absolute atomic E-state index is 3.83. The molecule has 3 atom stereocenters. The molecule has 0 spiro atoms. The quantitative estimate of drug-likeness (QED) is 0.664. The Morgan fingerprint density at radius 2 is 1.81 bits per heavy atom. The van der Waals surface area contributed by atoms with Gasteiger partial charge in [0.25, 0.3) is 0 Å². The lowest BCUT2D eigenvalue weighted by Gasteiger charge is -2.46. The summed E-state index contributed by atoms with van der Waals surface area (Å²) in [6, 6.07) is 1.43. The maximum atomic E-state index is 3.83. The third kappa shape index (κ3) is 5.56. The van der Waals surface area contributed by atoms with E-state index in [-0.39, 0.29) is 0 Å². The molecular weight excluding hydrogens is 256 g/mol. The van der Waals surface area contributed by atoms with Crippen molar-refractivity contribution in [2.45, 2.75) is 91.6 Å². The van der Waals surface area contributed by atoms with Gasteiger partial charge >= 0.3 is 0 Å². The lowest BCUT2D eigenvalue weighted by Crippen LogP contribution is -2.53. The molecule has 0 aliphatic heterocycles. The first-order valence-electron chi connectivity index (χ1n) is 9.39. The molecule has 0 heterocycles. The fraction of sp³-hybridized carbons (Fsp3) is 1.00. The first kappa shape index (κ1) is 19.0. The van der Waals surface area contributed by atoms with Crippen molar-refractivity contribution >= 4 is 0 Å². The SMILES string of the molecule is CCCCN(C)C1CC(C(C)(C)CC)CCC1NCCC. The fourth-order valence-corrected chi connectivity index (χ4v) is 3.77. The van der Waals surface area contributed by atoms with Crippen LogP contribution in [0.1, 0.15) is 79.6 Å². The van der Waals surface area contributed by atoms with Gasteiger partial charge < -0.3 is 10.2 Å². The van der Waals surface area contributed by atoms with E-state index in [2.05, 4.69) is 51.9 Å². The number of nitrogens with one attached hydrogen (secondary N) is 1. The van der Waals surface area contributed by atoms with Crippen LogP contribution >= 0.6 is 0 Å². The third-order valence-corrected chi connectivity index (χ3v) is 5.92. The molecule has 0 radical (unpaired) electrons. The predicted molar refractivity (Wildman–Crippen MR) is 94.8 cm³/mol. The standard InChI is InChI=1S/C19H40N2/c1-7-10-14-21(6)18-15-16(19(4,5)9-3)11-12-17(18)20-13-8-2/h16-18,20H,7-15H2,1-6H3. The maximum Gasteiger partial charge on any atom is 0.0249 e. The molecule has 1 saturated carbocycles. The molecule has 0 bridgehead atoms. The Labute approximate surface area is 134 Å². The Morgan fingerprint density at radius 1 is 1.10 bits per heavy atom. The minimum Gasteiger partial charge on any atom is -0.312 e. The molecule has 3 unspecified atom stereocenters. The number of rotatable bonds is 9. The zero-order valence-electron chi connectivity index (χ0n) is 15.5. The summed E-state index contributed by atoms with van der Waals surface area (Å²) >= 11 is 0. The summed E-state index contributed by atoms with van der Waals surface area (Å²) in [4.78, 5) is 2.65. The van der Waals surface area contributed by atoms with Gasteiger partial charge in [-0.2, -0.15) is 0 Å². The van der Waals surface area contributed by atoms with Crippen molar-refractivity contribution in [1.82, 2.24) is 10.2 Å². The first-order valence-corrected chi connectivity index (χ1v) is 9.39. The van der Waals surface area contributed by atoms with Crippen molar-refractivity contribution in [3.8, 4) is 0 Å². The highest BCUT2D eigenvalue weighted by molar-refractivity contribution is 4.94. The Hall–Kier alpha value is -0.0800. The number of hydrogen-bond acceptors (Lipinski definition) is 2. The van der Waals surface area contributed by atoms with Crippen LogP contribution in [0.3, 0.4) is 0 Å². The van der Waals surface area contributed by atoms with Crippen LogP contribution in [0.25, 0.3) is 0 Å². The summed E-state index contributed by atoms with van der Waals surface area (Å²) in [5.41, 5.74) is 0.500. The van der Waals surface area contributed by atoms with Crippen molar-refractivity contribution in [1.29, 1.82) is 0 Å². The third-order valence-electron chi connectivity index (χ3n) is 5.92. The van der Waals surface area contributed by atoms with Crippen LogP contribution in [-0.2, 0) is 0 Å². The molecular formula is C19H40N2. The molecule has 0 aromatic heterocycles. The first-order chi connectivity index (χ1) is 9.96. The van der Waals surface area contributed by atoms with Gasteiger partial charge in [-0.05, 0) is 63.6 Å². The summed E-state index contributed by atoms with van der Waals surface area (Å²) in [6.45, 7) is 14.3. The Kier molecular flexibility index (Phi) is 8.26. The monoisotopic (exact) mass is 296 g/mol. The van der Waals surface area contributed by atoms with Gasteiger partial charge in [-0.15, -0.1) is 0 Å². The average Bonchev–Trinajstić information content (AvgIpc) is 2.50. The highest BCUT2D eigenvalue weighted by Crippen LogP contribution is 2.41. The average molecular weight is 297 g/mol. The molecule has 126 valence electrons. The Morgan fingerprint density at radius 3 is 2.38 bits per heavy atom. The van der Waals surface area contributed by atoms with Crippen molar-refractivity contribution < 1.29 is 0 Å². The normalized spacial score (nSPS) is 27.3. The second-order valence-corrected chi connectivity index (χ2v) is 7.81. The summed E-state index contributed by atoms with van der Waals surface area (Å²) in [7, 11) is 2.35. The fourth-order valence-electron chi connectivity index (χ4n) is 3.77. The number of unbranched alkanes of at least 4 members (excludes halogenated alkanes) is 1.